The minimum atomic E-state index is -4.85. The Morgan fingerprint density at radius 1 is 1.20 bits per heavy atom. The quantitative estimate of drug-likeness (QED) is 0.502. The number of rotatable bonds is 8. The van der Waals surface area contributed by atoms with Crippen molar-refractivity contribution in [2.75, 3.05) is 31.9 Å². The minimum absolute atomic E-state index is 0.156. The Hall–Kier alpha value is -2.54. The summed E-state index contributed by atoms with van der Waals surface area (Å²) in [6.07, 6.45) is -2.36. The van der Waals surface area contributed by atoms with Gasteiger partial charge >= 0.3 is 6.36 Å². The maximum Gasteiger partial charge on any atom is 0.573 e. The van der Waals surface area contributed by atoms with E-state index in [1.807, 2.05) is 0 Å². The van der Waals surface area contributed by atoms with Crippen LogP contribution in [0.3, 0.4) is 0 Å². The molecule has 2 aromatic carbocycles. The van der Waals surface area contributed by atoms with Crippen LogP contribution in [0.2, 0.25) is 5.02 Å². The number of halogens is 4. The molecular weight excluding hydrogens is 511 g/mol. The number of amides is 1. The van der Waals surface area contributed by atoms with Crippen molar-refractivity contribution in [1.82, 2.24) is 9.21 Å². The Kier molecular flexibility index (Phi) is 8.52. The van der Waals surface area contributed by atoms with Crippen LogP contribution in [0.15, 0.2) is 42.5 Å². The van der Waals surface area contributed by atoms with Gasteiger partial charge in [-0.15, -0.1) is 13.2 Å². The molecule has 0 aromatic heterocycles. The third-order valence-corrected chi connectivity index (χ3v) is 6.95. The molecule has 0 spiro atoms. The van der Waals surface area contributed by atoms with Crippen LogP contribution in [0.5, 0.6) is 5.75 Å². The minimum Gasteiger partial charge on any atom is -0.405 e. The van der Waals surface area contributed by atoms with Gasteiger partial charge in [0.25, 0.3) is 0 Å². The zero-order valence-electron chi connectivity index (χ0n) is 19.0. The zero-order valence-corrected chi connectivity index (χ0v) is 20.6. The van der Waals surface area contributed by atoms with Gasteiger partial charge in [0.15, 0.2) is 6.23 Å². The fourth-order valence-corrected chi connectivity index (χ4v) is 4.17. The van der Waals surface area contributed by atoms with Gasteiger partial charge in [0.05, 0.1) is 23.5 Å². The lowest BCUT2D eigenvalue weighted by atomic mass is 10.0. The van der Waals surface area contributed by atoms with Gasteiger partial charge in [-0.2, -0.15) is 4.31 Å². The molecule has 1 atom stereocenters. The second-order valence-electron chi connectivity index (χ2n) is 8.02. The summed E-state index contributed by atoms with van der Waals surface area (Å²) in [4.78, 5) is 19.8. The van der Waals surface area contributed by atoms with E-state index in [0.717, 1.165) is 23.4 Å². The summed E-state index contributed by atoms with van der Waals surface area (Å²) in [5.41, 5.74) is 3.65. The maximum absolute atomic E-state index is 12.8. The van der Waals surface area contributed by atoms with Crippen LogP contribution >= 0.6 is 11.6 Å². The second kappa shape index (κ2) is 11.0. The molecule has 0 bridgehead atoms. The molecule has 1 saturated heterocycles. The van der Waals surface area contributed by atoms with Gasteiger partial charge in [0.2, 0.25) is 15.9 Å². The molecule has 1 fully saturated rings. The summed E-state index contributed by atoms with van der Waals surface area (Å²) in [6.45, 7) is 0.108. The summed E-state index contributed by atoms with van der Waals surface area (Å²) >= 11 is 6.35. The van der Waals surface area contributed by atoms with E-state index >= 15 is 0 Å². The third kappa shape index (κ3) is 7.47. The van der Waals surface area contributed by atoms with E-state index < -0.39 is 22.6 Å². The molecule has 1 aliphatic heterocycles. The molecule has 0 radical (unpaired) electrons. The number of hydrogen-bond acceptors (Lipinski definition) is 6. The van der Waals surface area contributed by atoms with Gasteiger partial charge in [-0.3, -0.25) is 15.1 Å². The van der Waals surface area contributed by atoms with Gasteiger partial charge in [0, 0.05) is 24.7 Å². The van der Waals surface area contributed by atoms with Crippen molar-refractivity contribution in [3.05, 3.63) is 47.5 Å². The molecule has 3 rings (SSSR count). The van der Waals surface area contributed by atoms with E-state index in [0.29, 0.717) is 24.2 Å². The Balaban J connectivity index is 1.71. The first kappa shape index (κ1) is 27.1. The highest BCUT2D eigenvalue weighted by atomic mass is 35.5. The third-order valence-electron chi connectivity index (χ3n) is 5.38. The van der Waals surface area contributed by atoms with E-state index in [1.54, 1.807) is 12.1 Å². The molecule has 1 unspecified atom stereocenters. The van der Waals surface area contributed by atoms with E-state index in [9.17, 15) is 26.4 Å². The summed E-state index contributed by atoms with van der Waals surface area (Å²) in [6, 6.07) is 10.2. The number of carbonyl (C=O) groups is 1. The highest BCUT2D eigenvalue weighted by molar-refractivity contribution is 7.88. The number of alkyl halides is 3. The number of sulfonamides is 1. The average Bonchev–Trinajstić information content (AvgIpc) is 2.77. The fraction of sp³-hybridized carbons (Fsp3) is 0.409. The number of hydrogen-bond donors (Lipinski definition) is 1. The van der Waals surface area contributed by atoms with Crippen LogP contribution in [0.25, 0.3) is 11.1 Å². The molecule has 2 aromatic rings. The molecule has 0 saturated carbocycles. The van der Waals surface area contributed by atoms with E-state index in [-0.39, 0.29) is 28.8 Å². The number of ether oxygens (including phenoxy) is 1. The van der Waals surface area contributed by atoms with E-state index in [4.69, 9.17) is 16.4 Å². The topological polar surface area (TPSA) is 88.2 Å². The number of para-hydroxylation sites is 1. The molecule has 1 amide bonds. The molecule has 0 aliphatic carbocycles. The molecule has 8 nitrogen and oxygen atoms in total. The smallest absolute Gasteiger partial charge is 0.405 e. The van der Waals surface area contributed by atoms with Crippen LogP contribution in [-0.4, -0.2) is 62.5 Å². The van der Waals surface area contributed by atoms with E-state index in [2.05, 4.69) is 10.2 Å². The van der Waals surface area contributed by atoms with Crippen molar-refractivity contribution in [3.63, 3.8) is 0 Å². The standard InChI is InChI=1S/C22H25ClF3N3O5S/c1-28(35(2,31)32)14-20(30)29-12-6-5-9-21(29)34-27-15-10-11-16(18(23)13-15)17-7-3-4-8-19(17)33-22(24,25)26/h3-4,7-8,10-11,13,21,27H,5-6,9,12,14H2,1-2H3. The lowest BCUT2D eigenvalue weighted by Crippen LogP contribution is -2.49. The molecule has 1 N–H and O–H groups in total. The van der Waals surface area contributed by atoms with Gasteiger partial charge in [0.1, 0.15) is 5.75 Å². The van der Waals surface area contributed by atoms with Crippen molar-refractivity contribution < 1.29 is 36.0 Å². The van der Waals surface area contributed by atoms with Crippen LogP contribution in [0.1, 0.15) is 19.3 Å². The van der Waals surface area contributed by atoms with Crippen molar-refractivity contribution >= 4 is 33.2 Å². The first-order valence-electron chi connectivity index (χ1n) is 10.6. The Labute approximate surface area is 206 Å². The highest BCUT2D eigenvalue weighted by Crippen LogP contribution is 2.38. The highest BCUT2D eigenvalue weighted by Gasteiger charge is 2.32. The lowest BCUT2D eigenvalue weighted by molar-refractivity contribution is -0.274. The fourth-order valence-electron chi connectivity index (χ4n) is 3.54. The van der Waals surface area contributed by atoms with Crippen LogP contribution < -0.4 is 10.2 Å². The number of likely N-dealkylation sites (N-methyl/N-ethyl adjacent to an activating group) is 1. The Morgan fingerprint density at radius 3 is 2.57 bits per heavy atom. The number of anilines is 1. The monoisotopic (exact) mass is 535 g/mol. The van der Waals surface area contributed by atoms with Gasteiger partial charge in [-0.25, -0.2) is 8.42 Å². The van der Waals surface area contributed by atoms with E-state index in [1.165, 1.54) is 42.3 Å². The molecule has 13 heteroatoms. The SMILES string of the molecule is CN(CC(=O)N1CCCCC1ONc1ccc(-c2ccccc2OC(F)(F)F)c(Cl)c1)S(C)(=O)=O. The number of likely N-dealkylation sites (tertiary alicyclic amines) is 1. The first-order chi connectivity index (χ1) is 16.3. The first-order valence-corrected chi connectivity index (χ1v) is 12.8. The predicted molar refractivity (Wildman–Crippen MR) is 125 cm³/mol. The number of piperidine rings is 1. The largest absolute Gasteiger partial charge is 0.573 e. The summed E-state index contributed by atoms with van der Waals surface area (Å²) in [7, 11) is -2.18. The summed E-state index contributed by atoms with van der Waals surface area (Å²) in [5.74, 6) is -0.770. The predicted octanol–water partition coefficient (Wildman–Crippen LogP) is 4.48. The van der Waals surface area contributed by atoms with Gasteiger partial charge in [-0.05, 0) is 37.5 Å². The molecule has 35 heavy (non-hydrogen) atoms. The lowest BCUT2D eigenvalue weighted by Gasteiger charge is -2.35. The number of nitrogens with zero attached hydrogens (tertiary/aromatic N) is 2. The molecular formula is C22H25ClF3N3O5S. The second-order valence-corrected chi connectivity index (χ2v) is 10.5. The van der Waals surface area contributed by atoms with Crippen LogP contribution in [0.4, 0.5) is 18.9 Å². The summed E-state index contributed by atoms with van der Waals surface area (Å²) < 4.78 is 66.6. The zero-order chi connectivity index (χ0) is 25.8. The molecule has 1 aliphatic rings. The maximum atomic E-state index is 12.8. The van der Waals surface area contributed by atoms with Gasteiger partial charge in [-0.1, -0.05) is 35.9 Å². The van der Waals surface area contributed by atoms with Crippen molar-refractivity contribution in [2.45, 2.75) is 31.9 Å². The van der Waals surface area contributed by atoms with Gasteiger partial charge < -0.3 is 9.64 Å². The average molecular weight is 536 g/mol. The normalized spacial score (nSPS) is 16.9. The van der Waals surface area contributed by atoms with Crippen molar-refractivity contribution in [1.29, 1.82) is 0 Å². The Morgan fingerprint density at radius 2 is 1.91 bits per heavy atom. The van der Waals surface area contributed by atoms with Crippen LogP contribution in [0, 0.1) is 0 Å². The van der Waals surface area contributed by atoms with Crippen LogP contribution in [-0.2, 0) is 19.7 Å². The molecule has 192 valence electrons. The number of nitrogens with one attached hydrogen (secondary N) is 1. The van der Waals surface area contributed by atoms with Crippen molar-refractivity contribution in [2.24, 2.45) is 0 Å². The van der Waals surface area contributed by atoms with Crippen molar-refractivity contribution in [3.8, 4) is 16.9 Å². The Bertz CT molecular complexity index is 1160. The number of carbonyl (C=O) groups excluding carboxylic acids is 1. The summed E-state index contributed by atoms with van der Waals surface area (Å²) in [5, 5.41) is 0.156. The molecule has 1 heterocycles. The number of benzene rings is 2.